The number of para-hydroxylation sites is 1. The van der Waals surface area contributed by atoms with E-state index >= 15 is 0 Å². The fraction of sp³-hybridized carbons (Fsp3) is 0.0769. The van der Waals surface area contributed by atoms with Gasteiger partial charge in [0.2, 0.25) is 0 Å². The molecule has 0 amide bonds. The third kappa shape index (κ3) is 21.2. The van der Waals surface area contributed by atoms with Crippen LogP contribution in [-0.4, -0.2) is 39.9 Å². The average Bonchev–Trinajstić information content (AvgIpc) is 0.873. The van der Waals surface area contributed by atoms with Crippen LogP contribution in [0.5, 0.6) is 0 Å². The zero-order valence-corrected chi connectivity index (χ0v) is 57.4. The van der Waals surface area contributed by atoms with Gasteiger partial charge in [-0.15, -0.1) is 0 Å². The summed E-state index contributed by atoms with van der Waals surface area (Å²) in [6.07, 6.45) is 14.1. The topological polar surface area (TPSA) is 103 Å². The molecule has 0 radical (unpaired) electrons. The zero-order chi connectivity index (χ0) is 69.7. The van der Waals surface area contributed by atoms with Crippen molar-refractivity contribution in [2.45, 2.75) is 48.5 Å². The predicted molar refractivity (Wildman–Crippen MR) is 414 cm³/mol. The molecule has 0 bridgehead atoms. The van der Waals surface area contributed by atoms with Crippen molar-refractivity contribution in [1.82, 2.24) is 39.9 Å². The number of benzene rings is 8. The van der Waals surface area contributed by atoms with Crippen molar-refractivity contribution in [3.05, 3.63) is 398 Å². The molecular formula is C91H79FN8. The normalized spacial score (nSPS) is 10.2. The van der Waals surface area contributed by atoms with Crippen molar-refractivity contribution in [1.29, 1.82) is 0 Å². The first-order valence-electron chi connectivity index (χ1n) is 33.2. The first-order valence-corrected chi connectivity index (χ1v) is 33.2. The number of fused-ring (bicyclic) bond motifs is 2. The molecule has 490 valence electrons. The maximum absolute atomic E-state index is 12.6. The minimum Gasteiger partial charge on any atom is -0.264 e. The molecule has 9 heteroatoms. The third-order valence-corrected chi connectivity index (χ3v) is 15.9. The van der Waals surface area contributed by atoms with E-state index < -0.39 is 0 Å². The largest absolute Gasteiger partial charge is 0.264 e. The Morgan fingerprint density at radius 2 is 0.660 bits per heavy atom. The van der Waals surface area contributed by atoms with Crippen LogP contribution < -0.4 is 0 Å². The van der Waals surface area contributed by atoms with Gasteiger partial charge in [0.05, 0.1) is 51.6 Å². The molecule has 0 atom stereocenters. The highest BCUT2D eigenvalue weighted by atomic mass is 19.1. The van der Waals surface area contributed by atoms with Crippen molar-refractivity contribution in [2.75, 3.05) is 0 Å². The number of hydrogen-bond donors (Lipinski definition) is 0. The zero-order valence-electron chi connectivity index (χ0n) is 57.4. The van der Waals surface area contributed by atoms with Gasteiger partial charge in [-0.2, -0.15) is 0 Å². The summed E-state index contributed by atoms with van der Waals surface area (Å²) in [4.78, 5) is 34.5. The van der Waals surface area contributed by atoms with E-state index in [1.165, 1.54) is 78.5 Å². The second kappa shape index (κ2) is 36.5. The molecule has 8 heterocycles. The van der Waals surface area contributed by atoms with Gasteiger partial charge in [0.1, 0.15) is 5.82 Å². The van der Waals surface area contributed by atoms with Crippen molar-refractivity contribution >= 4 is 21.7 Å². The van der Waals surface area contributed by atoms with E-state index in [-0.39, 0.29) is 5.82 Å². The van der Waals surface area contributed by atoms with Gasteiger partial charge >= 0.3 is 0 Å². The summed E-state index contributed by atoms with van der Waals surface area (Å²) in [6, 6.07) is 101. The smallest absolute Gasteiger partial charge is 0.141 e. The molecule has 16 rings (SSSR count). The lowest BCUT2D eigenvalue weighted by Gasteiger charge is -2.07. The number of aryl methyl sites for hydroxylation is 7. The Balaban J connectivity index is 0.000000127. The minimum atomic E-state index is -0.305. The quantitative estimate of drug-likeness (QED) is 0.155. The van der Waals surface area contributed by atoms with Crippen molar-refractivity contribution in [3.8, 4) is 78.8 Å². The van der Waals surface area contributed by atoms with Gasteiger partial charge < -0.3 is 0 Å². The predicted octanol–water partition coefficient (Wildman–Crippen LogP) is 23.2. The lowest BCUT2D eigenvalue weighted by atomic mass is 10.0. The van der Waals surface area contributed by atoms with Gasteiger partial charge in [-0.05, 0) is 185 Å². The molecule has 0 spiro atoms. The molecule has 0 saturated heterocycles. The van der Waals surface area contributed by atoms with E-state index in [1.807, 2.05) is 214 Å². The highest BCUT2D eigenvalue weighted by Crippen LogP contribution is 2.28. The number of halogens is 1. The van der Waals surface area contributed by atoms with Crippen molar-refractivity contribution in [2.24, 2.45) is 0 Å². The van der Waals surface area contributed by atoms with E-state index in [0.717, 1.165) is 73.2 Å². The fourth-order valence-corrected chi connectivity index (χ4v) is 10.7. The van der Waals surface area contributed by atoms with Crippen LogP contribution in [0.4, 0.5) is 4.39 Å². The van der Waals surface area contributed by atoms with E-state index in [1.54, 1.807) is 6.07 Å². The summed E-state index contributed by atoms with van der Waals surface area (Å²) < 4.78 is 12.6. The third-order valence-electron chi connectivity index (χ3n) is 15.9. The van der Waals surface area contributed by atoms with Gasteiger partial charge in [0.15, 0.2) is 0 Å². The van der Waals surface area contributed by atoms with Gasteiger partial charge in [0, 0.05) is 93.1 Å². The number of pyridine rings is 8. The van der Waals surface area contributed by atoms with Crippen LogP contribution in [0.2, 0.25) is 0 Å². The summed E-state index contributed by atoms with van der Waals surface area (Å²) in [5.74, 6) is -0.305. The second-order valence-electron chi connectivity index (χ2n) is 23.9. The number of nitrogens with zero attached hydrogens (tertiary/aromatic N) is 8. The first-order chi connectivity index (χ1) is 48.9. The van der Waals surface area contributed by atoms with E-state index in [9.17, 15) is 4.39 Å². The lowest BCUT2D eigenvalue weighted by Crippen LogP contribution is -1.89. The molecule has 0 aliphatic carbocycles. The minimum absolute atomic E-state index is 0.305. The molecular weight excluding hydrogens is 1220 g/mol. The van der Waals surface area contributed by atoms with Gasteiger partial charge in [-0.3, -0.25) is 34.9 Å². The first kappa shape index (κ1) is 70.2. The number of hydrogen-bond acceptors (Lipinski definition) is 8. The standard InChI is InChI=1S/C18H15N.C17H14N2.C12H10FN.2C12H11N.2C10H9N/c1-14-12-17(15-8-4-2-5-9-15)19-18(13-14)16-10-6-3-7-11-16;1-13-10-14(16-6-2-4-8-18-16)12-15(11-13)17-7-3-5-9-19-17;1-9-2-4-10(5-3-9)12-7-6-11(13)8-14-12;1-10-5-4-6-11(9-10)12-7-2-3-8-13-12;1-10-5-7-11(8-6-10)12-4-2-3-9-13-12;1-8-6-11-7-9-4-2-3-5-10(8)9;1-8-6-7-11-10-5-3-2-4-9(8)10/h2-13H,1H3;2-12H,1H3;2-8H,1H3;2*2-9H,1H3;2*2-7H,1H3. The fourth-order valence-electron chi connectivity index (χ4n) is 10.7. The highest BCUT2D eigenvalue weighted by Gasteiger charge is 2.08. The molecule has 16 aromatic rings. The van der Waals surface area contributed by atoms with Crippen molar-refractivity contribution in [3.63, 3.8) is 0 Å². The molecule has 8 nitrogen and oxygen atoms in total. The lowest BCUT2D eigenvalue weighted by molar-refractivity contribution is 0.622. The Morgan fingerprint density at radius 3 is 1.14 bits per heavy atom. The second-order valence-corrected chi connectivity index (χ2v) is 23.9. The molecule has 0 saturated carbocycles. The Labute approximate surface area is 587 Å². The number of rotatable bonds is 7. The molecule has 0 fully saturated rings. The van der Waals surface area contributed by atoms with E-state index in [2.05, 4.69) is 204 Å². The van der Waals surface area contributed by atoms with E-state index in [4.69, 9.17) is 4.98 Å². The summed E-state index contributed by atoms with van der Waals surface area (Å²) in [5, 5.41) is 3.75. The van der Waals surface area contributed by atoms with Crippen LogP contribution in [0.1, 0.15) is 38.9 Å². The van der Waals surface area contributed by atoms with Crippen LogP contribution in [0.25, 0.3) is 100 Å². The summed E-state index contributed by atoms with van der Waals surface area (Å²) in [5.41, 5.74) is 24.6. The molecule has 8 aromatic heterocycles. The maximum Gasteiger partial charge on any atom is 0.141 e. The summed E-state index contributed by atoms with van der Waals surface area (Å²) >= 11 is 0. The average molecular weight is 1300 g/mol. The molecule has 0 aliphatic rings. The number of aromatic nitrogens is 8. The molecule has 0 N–H and O–H groups in total. The van der Waals surface area contributed by atoms with Crippen LogP contribution in [0, 0.1) is 54.3 Å². The van der Waals surface area contributed by atoms with Gasteiger partial charge in [-0.1, -0.05) is 211 Å². The summed E-state index contributed by atoms with van der Waals surface area (Å²) in [6.45, 7) is 14.6. The van der Waals surface area contributed by atoms with Crippen LogP contribution in [0.3, 0.4) is 0 Å². The summed E-state index contributed by atoms with van der Waals surface area (Å²) in [7, 11) is 0. The van der Waals surface area contributed by atoms with E-state index in [0.29, 0.717) is 0 Å². The molecule has 100 heavy (non-hydrogen) atoms. The van der Waals surface area contributed by atoms with Crippen LogP contribution >= 0.6 is 0 Å². The monoisotopic (exact) mass is 1300 g/mol. The molecule has 0 unspecified atom stereocenters. The molecule has 0 aliphatic heterocycles. The maximum atomic E-state index is 12.6. The van der Waals surface area contributed by atoms with Crippen LogP contribution in [0.15, 0.2) is 353 Å². The highest BCUT2D eigenvalue weighted by molar-refractivity contribution is 5.84. The van der Waals surface area contributed by atoms with Gasteiger partial charge in [-0.25, -0.2) is 9.37 Å². The van der Waals surface area contributed by atoms with Crippen LogP contribution in [-0.2, 0) is 0 Å². The Hall–Kier alpha value is -12.6. The van der Waals surface area contributed by atoms with Crippen molar-refractivity contribution < 1.29 is 4.39 Å². The Morgan fingerprint density at radius 1 is 0.230 bits per heavy atom. The molecule has 8 aromatic carbocycles. The Bertz CT molecular complexity index is 4740. The Kier molecular flexibility index (Phi) is 25.6. The van der Waals surface area contributed by atoms with Gasteiger partial charge in [0.25, 0.3) is 0 Å². The SMILES string of the molecule is Cc1cc(-c2ccccc2)nc(-c2ccccc2)c1.Cc1cc(-c2ccccn2)cc(-c2ccccn2)c1.Cc1ccc(-c2ccc(F)cn2)cc1.Cc1ccc(-c2ccccn2)cc1.Cc1cccc(-c2ccccn2)c1.Cc1ccnc2ccccc12.Cc1cncc2ccccc12.